The van der Waals surface area contributed by atoms with Gasteiger partial charge in [0.15, 0.2) is 0 Å². The Labute approximate surface area is 84.3 Å². The van der Waals surface area contributed by atoms with Gasteiger partial charge in [0, 0.05) is 6.04 Å². The number of nitrogens with zero attached hydrogens (tertiary/aromatic N) is 1. The molecule has 0 amide bonds. The smallest absolute Gasteiger partial charge is 0.312 e. The van der Waals surface area contributed by atoms with Gasteiger partial charge in [-0.2, -0.15) is 0 Å². The minimum absolute atomic E-state index is 0.280. The van der Waals surface area contributed by atoms with Crippen LogP contribution in [0.4, 0.5) is 0 Å². The van der Waals surface area contributed by atoms with E-state index in [1.807, 2.05) is 0 Å². The van der Waals surface area contributed by atoms with Crippen LogP contribution in [0.5, 0.6) is 0 Å². The van der Waals surface area contributed by atoms with Crippen LogP contribution in [0.15, 0.2) is 0 Å². The first-order valence-electron chi connectivity index (χ1n) is 4.83. The van der Waals surface area contributed by atoms with E-state index < -0.39 is 0 Å². The maximum atomic E-state index is 5.90. The normalized spacial score (nSPS) is 36.5. The molecule has 1 saturated heterocycles. The fraction of sp³-hybridized carbons (Fsp3) is 1.00. The second kappa shape index (κ2) is 3.77. The van der Waals surface area contributed by atoms with Crippen LogP contribution in [0.25, 0.3) is 0 Å². The molecule has 1 nitrogen and oxygen atoms in total. The number of hydrogen-bond donors (Lipinski definition) is 0. The maximum Gasteiger partial charge on any atom is 0.435 e. The highest BCUT2D eigenvalue weighted by Crippen LogP contribution is 2.37. The predicted octanol–water partition coefficient (Wildman–Crippen LogP) is 2.71. The second-order valence-corrected chi connectivity index (χ2v) is 4.97. The molecule has 0 radical (unpaired) electrons. The Balaban J connectivity index is 2.01. The average molecular weight is 206 g/mol. The lowest BCUT2D eigenvalue weighted by molar-refractivity contribution is 0.264. The molecule has 0 N–H and O–H groups in total. The molecule has 1 heterocycles. The largest absolute Gasteiger partial charge is 0.435 e. The third-order valence-corrected chi connectivity index (χ3v) is 3.81. The van der Waals surface area contributed by atoms with Crippen LogP contribution in [0.2, 0.25) is 0 Å². The summed E-state index contributed by atoms with van der Waals surface area (Å²) in [5, 5.41) is 0. The van der Waals surface area contributed by atoms with Crippen molar-refractivity contribution < 1.29 is 0 Å². The Hall–Kier alpha value is 0.605. The van der Waals surface area contributed by atoms with Crippen molar-refractivity contribution in [3.8, 4) is 0 Å². The molecule has 0 unspecified atom stereocenters. The molecule has 12 heavy (non-hydrogen) atoms. The lowest BCUT2D eigenvalue weighted by atomic mass is 9.84. The van der Waals surface area contributed by atoms with Crippen molar-refractivity contribution in [3.05, 3.63) is 0 Å². The molecule has 68 valence electrons. The monoisotopic (exact) mass is 205 g/mol. The van der Waals surface area contributed by atoms with E-state index in [0.29, 0.717) is 6.04 Å². The van der Waals surface area contributed by atoms with Gasteiger partial charge in [0.2, 0.25) is 0 Å². The molecule has 0 bridgehead atoms. The van der Waals surface area contributed by atoms with Crippen LogP contribution in [-0.2, 0) is 0 Å². The molecule has 4 heteroatoms. The Morgan fingerprint density at radius 1 is 1.08 bits per heavy atom. The number of hydrogen-bond acceptors (Lipinski definition) is 1. The van der Waals surface area contributed by atoms with Crippen molar-refractivity contribution in [2.75, 3.05) is 6.54 Å². The maximum absolute atomic E-state index is 5.90. The van der Waals surface area contributed by atoms with Crippen molar-refractivity contribution in [1.29, 1.82) is 0 Å². The van der Waals surface area contributed by atoms with Crippen LogP contribution >= 0.6 is 22.9 Å². The predicted molar refractivity (Wildman–Crippen MR) is 54.5 cm³/mol. The summed E-state index contributed by atoms with van der Waals surface area (Å²) < 4.78 is 0. The third-order valence-electron chi connectivity index (χ3n) is 3.30. The van der Waals surface area contributed by atoms with E-state index in [9.17, 15) is 0 Å². The van der Waals surface area contributed by atoms with E-state index in [1.54, 1.807) is 0 Å². The first-order chi connectivity index (χ1) is 5.79. The number of fused-ring (bicyclic) bond motifs is 1. The van der Waals surface area contributed by atoms with Gasteiger partial charge >= 0.3 is 5.68 Å². The lowest BCUT2D eigenvalue weighted by Crippen LogP contribution is -2.39. The van der Waals surface area contributed by atoms with E-state index in [0.717, 1.165) is 12.5 Å². The summed E-state index contributed by atoms with van der Waals surface area (Å²) >= 11 is 11.8. The van der Waals surface area contributed by atoms with Gasteiger partial charge in [-0.1, -0.05) is 12.8 Å². The third kappa shape index (κ3) is 1.62. The van der Waals surface area contributed by atoms with Gasteiger partial charge in [0.05, 0.1) is 0 Å². The zero-order valence-corrected chi connectivity index (χ0v) is 8.69. The Kier molecular flexibility index (Phi) is 2.88. The van der Waals surface area contributed by atoms with Crippen LogP contribution in [-0.4, -0.2) is 23.1 Å². The molecule has 2 atom stereocenters. The standard InChI is InChI=1S/C8H14BCl2N/c10-9(11)12-6-5-7-3-1-2-4-8(7)12/h7-8H,1-6H2/t7-,8+/m1/s1. The minimum Gasteiger partial charge on any atom is -0.312 e. The van der Waals surface area contributed by atoms with Gasteiger partial charge in [-0.25, -0.2) is 0 Å². The quantitative estimate of drug-likeness (QED) is 0.596. The molecule has 1 aliphatic carbocycles. The van der Waals surface area contributed by atoms with Crippen molar-refractivity contribution >= 4 is 28.6 Å². The van der Waals surface area contributed by atoms with Crippen LogP contribution in [0.3, 0.4) is 0 Å². The van der Waals surface area contributed by atoms with Crippen LogP contribution in [0.1, 0.15) is 32.1 Å². The molecule has 1 aliphatic heterocycles. The van der Waals surface area contributed by atoms with Crippen molar-refractivity contribution in [3.63, 3.8) is 0 Å². The fourth-order valence-corrected chi connectivity index (χ4v) is 3.17. The summed E-state index contributed by atoms with van der Waals surface area (Å²) in [4.78, 5) is 2.26. The van der Waals surface area contributed by atoms with Crippen molar-refractivity contribution in [2.45, 2.75) is 38.1 Å². The van der Waals surface area contributed by atoms with Gasteiger partial charge < -0.3 is 4.81 Å². The van der Waals surface area contributed by atoms with Crippen LogP contribution in [0, 0.1) is 5.92 Å². The summed E-state index contributed by atoms with van der Waals surface area (Å²) in [5.74, 6) is 0.888. The highest BCUT2D eigenvalue weighted by atomic mass is 35.5. The fourth-order valence-electron chi connectivity index (χ4n) is 2.68. The first kappa shape index (κ1) is 9.17. The summed E-state index contributed by atoms with van der Waals surface area (Å²) in [5.41, 5.74) is -0.280. The SMILES string of the molecule is ClB(Cl)N1CC[C@H]2CCCC[C@@H]21. The molecule has 2 aliphatic rings. The summed E-state index contributed by atoms with van der Waals surface area (Å²) in [6, 6.07) is 0.693. The molecule has 1 saturated carbocycles. The average Bonchev–Trinajstić information content (AvgIpc) is 2.47. The molecular weight excluding hydrogens is 192 g/mol. The zero-order valence-electron chi connectivity index (χ0n) is 7.18. The molecule has 0 aromatic carbocycles. The summed E-state index contributed by atoms with van der Waals surface area (Å²) in [6.45, 7) is 1.10. The molecule has 0 spiro atoms. The topological polar surface area (TPSA) is 3.24 Å². The van der Waals surface area contributed by atoms with E-state index in [2.05, 4.69) is 4.81 Å². The summed E-state index contributed by atoms with van der Waals surface area (Å²) in [6.07, 6.45) is 6.77. The minimum atomic E-state index is -0.280. The Morgan fingerprint density at radius 2 is 1.83 bits per heavy atom. The molecule has 0 aromatic heterocycles. The Morgan fingerprint density at radius 3 is 2.58 bits per heavy atom. The van der Waals surface area contributed by atoms with Gasteiger partial charge in [-0.3, -0.25) is 0 Å². The summed E-state index contributed by atoms with van der Waals surface area (Å²) in [7, 11) is 0. The second-order valence-electron chi connectivity index (χ2n) is 3.92. The van der Waals surface area contributed by atoms with Gasteiger partial charge in [0.1, 0.15) is 0 Å². The lowest BCUT2D eigenvalue weighted by Gasteiger charge is -2.31. The van der Waals surface area contributed by atoms with Crippen molar-refractivity contribution in [1.82, 2.24) is 4.81 Å². The molecule has 2 fully saturated rings. The highest BCUT2D eigenvalue weighted by molar-refractivity contribution is 7.32. The van der Waals surface area contributed by atoms with Gasteiger partial charge in [0.25, 0.3) is 0 Å². The number of rotatable bonds is 1. The molecule has 2 rings (SSSR count). The zero-order chi connectivity index (χ0) is 8.55. The Bertz CT molecular complexity index is 165. The van der Waals surface area contributed by atoms with Crippen molar-refractivity contribution in [2.24, 2.45) is 5.92 Å². The first-order valence-corrected chi connectivity index (χ1v) is 5.70. The van der Waals surface area contributed by atoms with Gasteiger partial charge in [-0.15, -0.1) is 22.9 Å². The molecule has 0 aromatic rings. The van der Waals surface area contributed by atoms with E-state index >= 15 is 0 Å². The van der Waals surface area contributed by atoms with Crippen LogP contribution < -0.4 is 0 Å². The highest BCUT2D eigenvalue weighted by Gasteiger charge is 2.39. The molecular formula is C8H14BCl2N. The van der Waals surface area contributed by atoms with Gasteiger partial charge in [-0.05, 0) is 31.7 Å². The van der Waals surface area contributed by atoms with E-state index in [1.165, 1.54) is 32.1 Å². The number of halogens is 2. The van der Waals surface area contributed by atoms with E-state index in [-0.39, 0.29) is 5.68 Å². The van der Waals surface area contributed by atoms with E-state index in [4.69, 9.17) is 22.9 Å².